The minimum absolute atomic E-state index is 0.0325. The van der Waals surface area contributed by atoms with Crippen molar-refractivity contribution in [1.82, 2.24) is 10.2 Å². The lowest BCUT2D eigenvalue weighted by Gasteiger charge is -2.35. The van der Waals surface area contributed by atoms with Gasteiger partial charge in [-0.25, -0.2) is 8.42 Å². The predicted octanol–water partition coefficient (Wildman–Crippen LogP) is 6.61. The van der Waals surface area contributed by atoms with Crippen molar-refractivity contribution in [3.8, 4) is 0 Å². The summed E-state index contributed by atoms with van der Waals surface area (Å²) in [5.41, 5.74) is 1.76. The van der Waals surface area contributed by atoms with E-state index in [1.54, 1.807) is 6.07 Å². The van der Waals surface area contributed by atoms with Crippen molar-refractivity contribution in [2.45, 2.75) is 57.2 Å². The van der Waals surface area contributed by atoms with E-state index in [0.717, 1.165) is 58.3 Å². The molecule has 0 radical (unpaired) electrons. The summed E-state index contributed by atoms with van der Waals surface area (Å²) in [6.45, 7) is -0.469. The van der Waals surface area contributed by atoms with Gasteiger partial charge in [-0.2, -0.15) is 0 Å². The van der Waals surface area contributed by atoms with Crippen molar-refractivity contribution < 1.29 is 18.0 Å². The Hall–Kier alpha value is -2.59. The molecule has 11 heteroatoms. The summed E-state index contributed by atoms with van der Waals surface area (Å²) in [6, 6.07) is 20.5. The maximum absolute atomic E-state index is 14.2. The zero-order valence-electron chi connectivity index (χ0n) is 23.3. The minimum atomic E-state index is -3.96. The van der Waals surface area contributed by atoms with E-state index in [1.165, 1.54) is 17.0 Å². The smallest absolute Gasteiger partial charge is 0.244 e. The Morgan fingerprint density at radius 3 is 2.31 bits per heavy atom. The second-order valence-corrected chi connectivity index (χ2v) is 14.2. The van der Waals surface area contributed by atoms with Gasteiger partial charge in [0.1, 0.15) is 12.6 Å². The molecule has 0 unspecified atom stereocenters. The van der Waals surface area contributed by atoms with E-state index in [1.807, 2.05) is 54.6 Å². The fourth-order valence-electron chi connectivity index (χ4n) is 5.20. The van der Waals surface area contributed by atoms with Gasteiger partial charge < -0.3 is 10.2 Å². The number of benzene rings is 3. The average Bonchev–Trinajstić information content (AvgIpc) is 2.95. The molecule has 1 N–H and O–H groups in total. The molecule has 1 atom stereocenters. The second kappa shape index (κ2) is 14.7. The van der Waals surface area contributed by atoms with Crippen LogP contribution < -0.4 is 9.62 Å². The predicted molar refractivity (Wildman–Crippen MR) is 172 cm³/mol. The first-order valence-corrected chi connectivity index (χ1v) is 17.2. The molecule has 3 aromatic carbocycles. The van der Waals surface area contributed by atoms with E-state index in [-0.39, 0.29) is 40.6 Å². The number of halogens is 3. The van der Waals surface area contributed by atoms with Gasteiger partial charge in [0.25, 0.3) is 0 Å². The van der Waals surface area contributed by atoms with Gasteiger partial charge in [0.15, 0.2) is 0 Å². The Kier molecular flexibility index (Phi) is 11.3. The van der Waals surface area contributed by atoms with E-state index >= 15 is 0 Å². The fraction of sp³-hybridized carbons (Fsp3) is 0.355. The summed E-state index contributed by atoms with van der Waals surface area (Å²) < 4.78 is 27.7. The fourth-order valence-corrected chi connectivity index (χ4v) is 6.94. The van der Waals surface area contributed by atoms with Crippen molar-refractivity contribution >= 4 is 66.7 Å². The average molecular weight is 696 g/mol. The summed E-state index contributed by atoms with van der Waals surface area (Å²) in [6.07, 6.45) is 6.26. The molecule has 1 fully saturated rings. The van der Waals surface area contributed by atoms with E-state index < -0.39 is 28.5 Å². The molecule has 1 aliphatic carbocycles. The Bertz CT molecular complexity index is 1500. The van der Waals surface area contributed by atoms with Crippen molar-refractivity contribution in [1.29, 1.82) is 0 Å². The molecule has 42 heavy (non-hydrogen) atoms. The Balaban J connectivity index is 1.74. The molecule has 2 amide bonds. The highest BCUT2D eigenvalue weighted by molar-refractivity contribution is 9.10. The highest BCUT2D eigenvalue weighted by Gasteiger charge is 2.34. The van der Waals surface area contributed by atoms with Crippen LogP contribution in [0.2, 0.25) is 10.0 Å². The Labute approximate surface area is 266 Å². The maximum atomic E-state index is 14.2. The molecule has 0 spiro atoms. The molecule has 0 saturated heterocycles. The quantitative estimate of drug-likeness (QED) is 0.245. The molecular formula is C31H34BrCl2N3O4S. The first-order valence-electron chi connectivity index (χ1n) is 13.8. The van der Waals surface area contributed by atoms with Crippen molar-refractivity contribution in [3.63, 3.8) is 0 Å². The third-order valence-electron chi connectivity index (χ3n) is 7.32. The van der Waals surface area contributed by atoms with Crippen molar-refractivity contribution in [3.05, 3.63) is 98.4 Å². The van der Waals surface area contributed by atoms with Crippen LogP contribution in [0.25, 0.3) is 0 Å². The molecular weight excluding hydrogens is 661 g/mol. The standard InChI is InChI=1S/C31H34BrCl2N3O4S/c1-42(40,41)37(28-19-25(33)15-16-27(28)34)21-30(38)36(20-23-11-8-12-24(32)17-23)29(18-22-9-4-2-5-10-22)31(39)35-26-13-6-3-7-14-26/h2,4-5,8-12,15-17,19,26,29H,3,6-7,13-14,18,20-21H2,1H3,(H,35,39)/t29-/m0/s1. The highest BCUT2D eigenvalue weighted by atomic mass is 79.9. The zero-order chi connectivity index (χ0) is 30.3. The van der Waals surface area contributed by atoms with Gasteiger partial charge in [-0.1, -0.05) is 101 Å². The molecule has 1 saturated carbocycles. The van der Waals surface area contributed by atoms with Crippen molar-refractivity contribution in [2.24, 2.45) is 0 Å². The number of carbonyl (C=O) groups is 2. The van der Waals surface area contributed by atoms with Gasteiger partial charge >= 0.3 is 0 Å². The van der Waals surface area contributed by atoms with Gasteiger partial charge in [-0.15, -0.1) is 0 Å². The molecule has 4 rings (SSSR count). The minimum Gasteiger partial charge on any atom is -0.352 e. The van der Waals surface area contributed by atoms with Gasteiger partial charge in [0, 0.05) is 28.5 Å². The SMILES string of the molecule is CS(=O)(=O)N(CC(=O)N(Cc1cccc(Br)c1)[C@@H](Cc1ccccc1)C(=O)NC1CCCCC1)c1cc(Cl)ccc1Cl. The number of anilines is 1. The number of rotatable bonds is 11. The first-order chi connectivity index (χ1) is 20.0. The molecule has 0 bridgehead atoms. The van der Waals surface area contributed by atoms with E-state index in [0.29, 0.717) is 0 Å². The summed E-state index contributed by atoms with van der Waals surface area (Å²) in [5, 5.41) is 3.60. The summed E-state index contributed by atoms with van der Waals surface area (Å²) in [5.74, 6) is -0.808. The van der Waals surface area contributed by atoms with Crippen LogP contribution >= 0.6 is 39.1 Å². The van der Waals surface area contributed by atoms with Gasteiger partial charge in [-0.05, 0) is 54.3 Å². The van der Waals surface area contributed by atoms with Gasteiger partial charge in [0.05, 0.1) is 17.0 Å². The number of hydrogen-bond acceptors (Lipinski definition) is 4. The van der Waals surface area contributed by atoms with Crippen LogP contribution in [0.4, 0.5) is 5.69 Å². The molecule has 7 nitrogen and oxygen atoms in total. The second-order valence-electron chi connectivity index (χ2n) is 10.6. The normalized spacial score (nSPS) is 14.7. The highest BCUT2D eigenvalue weighted by Crippen LogP contribution is 2.31. The van der Waals surface area contributed by atoms with Crippen LogP contribution in [0.5, 0.6) is 0 Å². The van der Waals surface area contributed by atoms with Crippen LogP contribution in [0.1, 0.15) is 43.2 Å². The monoisotopic (exact) mass is 693 g/mol. The number of sulfonamides is 1. The molecule has 0 heterocycles. The van der Waals surface area contributed by atoms with E-state index in [9.17, 15) is 18.0 Å². The Morgan fingerprint density at radius 2 is 1.64 bits per heavy atom. The lowest BCUT2D eigenvalue weighted by Crippen LogP contribution is -2.55. The van der Waals surface area contributed by atoms with E-state index in [4.69, 9.17) is 23.2 Å². The summed E-state index contributed by atoms with van der Waals surface area (Å²) >= 11 is 16.0. The molecule has 3 aromatic rings. The molecule has 0 aliphatic heterocycles. The zero-order valence-corrected chi connectivity index (χ0v) is 27.2. The van der Waals surface area contributed by atoms with Crippen LogP contribution in [0.3, 0.4) is 0 Å². The maximum Gasteiger partial charge on any atom is 0.244 e. The van der Waals surface area contributed by atoms with Crippen LogP contribution in [0, 0.1) is 0 Å². The van der Waals surface area contributed by atoms with Gasteiger partial charge in [-0.3, -0.25) is 13.9 Å². The molecule has 0 aromatic heterocycles. The lowest BCUT2D eigenvalue weighted by molar-refractivity contribution is -0.140. The molecule has 1 aliphatic rings. The van der Waals surface area contributed by atoms with Crippen LogP contribution in [0.15, 0.2) is 77.3 Å². The lowest BCUT2D eigenvalue weighted by atomic mass is 9.94. The van der Waals surface area contributed by atoms with Crippen molar-refractivity contribution in [2.75, 3.05) is 17.1 Å². The third-order valence-corrected chi connectivity index (χ3v) is 9.50. The number of hydrogen-bond donors (Lipinski definition) is 1. The van der Waals surface area contributed by atoms with Gasteiger partial charge in [0.2, 0.25) is 21.8 Å². The number of nitrogens with zero attached hydrogens (tertiary/aromatic N) is 2. The van der Waals surface area contributed by atoms with E-state index in [2.05, 4.69) is 21.2 Å². The number of amides is 2. The topological polar surface area (TPSA) is 86.8 Å². The Morgan fingerprint density at radius 1 is 0.952 bits per heavy atom. The van der Waals surface area contributed by atoms with Crippen LogP contribution in [-0.4, -0.2) is 50.0 Å². The first kappa shape index (κ1) is 32.3. The number of nitrogens with one attached hydrogen (secondary N) is 1. The third kappa shape index (κ3) is 8.96. The van der Waals surface area contributed by atoms with Crippen LogP contribution in [-0.2, 0) is 32.6 Å². The molecule has 224 valence electrons. The summed E-state index contributed by atoms with van der Waals surface area (Å²) in [7, 11) is -3.96. The number of carbonyl (C=O) groups excluding carboxylic acids is 2. The summed E-state index contributed by atoms with van der Waals surface area (Å²) in [4.78, 5) is 29.7. The largest absolute Gasteiger partial charge is 0.352 e.